The quantitative estimate of drug-likeness (QED) is 0.375. The Morgan fingerprint density at radius 3 is 2.67 bits per heavy atom. The first-order valence-electron chi connectivity index (χ1n) is 11.6. The lowest BCUT2D eigenvalue weighted by molar-refractivity contribution is -0.220. The minimum Gasteiger partial charge on any atom is -0.285 e. The van der Waals surface area contributed by atoms with Gasteiger partial charge in [-0.15, -0.1) is 10.2 Å². The standard InChI is InChI=1S/C22H28N8O3/c1-14-19(32-33-22(31)16-6-4-3-5-7-16)11-10-17(23-14)21-18(29(2)27-25-21)13-30-20(24-26-28-30)12-15-8-9-15/h10-11,15-16H,3-9,12-13H2,1-2H3. The van der Waals surface area contributed by atoms with Crippen LogP contribution in [0.4, 0.5) is 0 Å². The van der Waals surface area contributed by atoms with E-state index in [1.54, 1.807) is 28.4 Å². The first kappa shape index (κ1) is 21.5. The van der Waals surface area contributed by atoms with Gasteiger partial charge in [-0.25, -0.2) is 19.1 Å². The molecule has 0 bridgehead atoms. The van der Waals surface area contributed by atoms with Crippen LogP contribution in [0.2, 0.25) is 0 Å². The van der Waals surface area contributed by atoms with Gasteiger partial charge in [0.25, 0.3) is 0 Å². The summed E-state index contributed by atoms with van der Waals surface area (Å²) in [5, 5.41) is 20.7. The normalized spacial score (nSPS) is 16.7. The van der Waals surface area contributed by atoms with Crippen LogP contribution in [0.1, 0.15) is 62.2 Å². The minimum absolute atomic E-state index is 0.0791. The van der Waals surface area contributed by atoms with Crippen LogP contribution in [0.5, 0.6) is 5.75 Å². The highest BCUT2D eigenvalue weighted by Gasteiger charge is 2.26. The molecule has 33 heavy (non-hydrogen) atoms. The SMILES string of the molecule is Cc1nc(-c2nnn(C)c2Cn2nnnc2CC2CC2)ccc1OOC(=O)C1CCCCC1. The number of aryl methyl sites for hydroxylation is 2. The number of hydrogen-bond acceptors (Lipinski definition) is 9. The molecule has 0 N–H and O–H groups in total. The van der Waals surface area contributed by atoms with Crippen molar-refractivity contribution in [2.75, 3.05) is 0 Å². The molecule has 174 valence electrons. The van der Waals surface area contributed by atoms with E-state index in [4.69, 9.17) is 9.78 Å². The summed E-state index contributed by atoms with van der Waals surface area (Å²) in [7, 11) is 1.84. The summed E-state index contributed by atoms with van der Waals surface area (Å²) in [4.78, 5) is 27.3. The summed E-state index contributed by atoms with van der Waals surface area (Å²) in [6, 6.07) is 3.52. The Kier molecular flexibility index (Phi) is 6.01. The van der Waals surface area contributed by atoms with E-state index in [-0.39, 0.29) is 11.9 Å². The fourth-order valence-electron chi connectivity index (χ4n) is 4.23. The molecule has 11 nitrogen and oxygen atoms in total. The molecule has 0 radical (unpaired) electrons. The maximum atomic E-state index is 12.3. The van der Waals surface area contributed by atoms with Crippen LogP contribution in [-0.2, 0) is 29.7 Å². The molecule has 0 aromatic carbocycles. The lowest BCUT2D eigenvalue weighted by Crippen LogP contribution is -2.21. The van der Waals surface area contributed by atoms with Gasteiger partial charge in [-0.2, -0.15) is 0 Å². The third-order valence-electron chi connectivity index (χ3n) is 6.45. The monoisotopic (exact) mass is 452 g/mol. The van der Waals surface area contributed by atoms with E-state index in [0.29, 0.717) is 35.3 Å². The Balaban J connectivity index is 1.29. The molecule has 0 spiro atoms. The predicted molar refractivity (Wildman–Crippen MR) is 116 cm³/mol. The zero-order valence-electron chi connectivity index (χ0n) is 19.0. The molecule has 3 aromatic rings. The topological polar surface area (TPSA) is 123 Å². The molecule has 0 saturated heterocycles. The summed E-state index contributed by atoms with van der Waals surface area (Å²) in [5.41, 5.74) is 2.75. The second kappa shape index (κ2) is 9.24. The molecular formula is C22H28N8O3. The molecule has 0 aliphatic heterocycles. The van der Waals surface area contributed by atoms with Gasteiger partial charge in [-0.1, -0.05) is 24.5 Å². The highest BCUT2D eigenvalue weighted by Crippen LogP contribution is 2.32. The fraction of sp³-hybridized carbons (Fsp3) is 0.591. The number of aromatic nitrogens is 8. The van der Waals surface area contributed by atoms with E-state index in [0.717, 1.165) is 43.6 Å². The molecule has 0 unspecified atom stereocenters. The van der Waals surface area contributed by atoms with Crippen molar-refractivity contribution in [3.63, 3.8) is 0 Å². The van der Waals surface area contributed by atoms with Crippen LogP contribution >= 0.6 is 0 Å². The summed E-state index contributed by atoms with van der Waals surface area (Å²) >= 11 is 0. The highest BCUT2D eigenvalue weighted by molar-refractivity contribution is 5.72. The second-order valence-electron chi connectivity index (χ2n) is 9.01. The van der Waals surface area contributed by atoms with Crippen molar-refractivity contribution in [3.8, 4) is 17.1 Å². The zero-order chi connectivity index (χ0) is 22.8. The Bertz CT molecular complexity index is 1130. The van der Waals surface area contributed by atoms with E-state index in [2.05, 4.69) is 30.8 Å². The molecule has 11 heteroatoms. The van der Waals surface area contributed by atoms with Gasteiger partial charge in [0.05, 0.1) is 29.5 Å². The van der Waals surface area contributed by atoms with Crippen molar-refractivity contribution in [1.82, 2.24) is 40.2 Å². The molecule has 0 atom stereocenters. The van der Waals surface area contributed by atoms with Crippen LogP contribution in [0, 0.1) is 18.8 Å². The average Bonchev–Trinajstić information content (AvgIpc) is 3.43. The molecule has 5 rings (SSSR count). The van der Waals surface area contributed by atoms with Gasteiger partial charge in [0.1, 0.15) is 5.69 Å². The zero-order valence-corrected chi connectivity index (χ0v) is 19.0. The van der Waals surface area contributed by atoms with Crippen molar-refractivity contribution in [2.24, 2.45) is 18.9 Å². The summed E-state index contributed by atoms with van der Waals surface area (Å²) in [6.07, 6.45) is 8.36. The number of carbonyl (C=O) groups excluding carboxylic acids is 1. The van der Waals surface area contributed by atoms with Gasteiger partial charge in [-0.05, 0) is 61.1 Å². The number of hydrogen-bond donors (Lipinski definition) is 0. The molecular weight excluding hydrogens is 424 g/mol. The van der Waals surface area contributed by atoms with Crippen molar-refractivity contribution < 1.29 is 14.6 Å². The van der Waals surface area contributed by atoms with Gasteiger partial charge in [0, 0.05) is 13.5 Å². The maximum Gasteiger partial charge on any atom is 0.358 e. The van der Waals surface area contributed by atoms with E-state index >= 15 is 0 Å². The molecule has 2 aliphatic carbocycles. The van der Waals surface area contributed by atoms with Crippen molar-refractivity contribution in [1.29, 1.82) is 0 Å². The van der Waals surface area contributed by atoms with E-state index in [1.807, 2.05) is 7.05 Å². The third kappa shape index (κ3) is 4.86. The number of pyridine rings is 1. The fourth-order valence-corrected chi connectivity index (χ4v) is 4.23. The lowest BCUT2D eigenvalue weighted by Gasteiger charge is -2.19. The third-order valence-corrected chi connectivity index (χ3v) is 6.45. The van der Waals surface area contributed by atoms with Gasteiger partial charge >= 0.3 is 5.97 Å². The van der Waals surface area contributed by atoms with Crippen LogP contribution in [-0.4, -0.2) is 46.2 Å². The molecule has 2 saturated carbocycles. The Morgan fingerprint density at radius 1 is 1.09 bits per heavy atom. The number of tetrazole rings is 1. The molecule has 3 heterocycles. The summed E-state index contributed by atoms with van der Waals surface area (Å²) < 4.78 is 3.51. The Morgan fingerprint density at radius 2 is 1.91 bits per heavy atom. The number of carbonyl (C=O) groups is 1. The molecule has 3 aromatic heterocycles. The maximum absolute atomic E-state index is 12.3. The summed E-state index contributed by atoms with van der Waals surface area (Å²) in [5.74, 6) is 1.57. The average molecular weight is 453 g/mol. The highest BCUT2D eigenvalue weighted by atomic mass is 17.2. The Hall–Kier alpha value is -3.37. The van der Waals surface area contributed by atoms with Gasteiger partial charge in [-0.3, -0.25) is 9.78 Å². The first-order valence-corrected chi connectivity index (χ1v) is 11.6. The Labute approximate surface area is 191 Å². The second-order valence-corrected chi connectivity index (χ2v) is 9.01. The van der Waals surface area contributed by atoms with E-state index in [1.165, 1.54) is 19.3 Å². The van der Waals surface area contributed by atoms with Crippen molar-refractivity contribution in [3.05, 3.63) is 29.3 Å². The van der Waals surface area contributed by atoms with Gasteiger partial charge in [0.2, 0.25) is 0 Å². The van der Waals surface area contributed by atoms with E-state index in [9.17, 15) is 4.79 Å². The lowest BCUT2D eigenvalue weighted by atomic mass is 9.89. The first-order chi connectivity index (χ1) is 16.1. The van der Waals surface area contributed by atoms with Crippen molar-refractivity contribution in [2.45, 2.75) is 64.8 Å². The van der Waals surface area contributed by atoms with Gasteiger partial charge in [0.15, 0.2) is 11.6 Å². The smallest absolute Gasteiger partial charge is 0.285 e. The number of rotatable bonds is 8. The largest absolute Gasteiger partial charge is 0.358 e. The molecule has 2 fully saturated rings. The summed E-state index contributed by atoms with van der Waals surface area (Å²) in [6.45, 7) is 2.25. The minimum atomic E-state index is -0.308. The molecule has 0 amide bonds. The van der Waals surface area contributed by atoms with Crippen molar-refractivity contribution >= 4 is 5.97 Å². The number of nitrogens with zero attached hydrogens (tertiary/aromatic N) is 8. The van der Waals surface area contributed by atoms with Crippen LogP contribution in [0.3, 0.4) is 0 Å². The van der Waals surface area contributed by atoms with Gasteiger partial charge < -0.3 is 0 Å². The van der Waals surface area contributed by atoms with Crippen LogP contribution < -0.4 is 4.89 Å². The van der Waals surface area contributed by atoms with E-state index < -0.39 is 0 Å². The van der Waals surface area contributed by atoms with Crippen LogP contribution in [0.25, 0.3) is 11.4 Å². The molecule has 2 aliphatic rings. The van der Waals surface area contributed by atoms with Crippen LogP contribution in [0.15, 0.2) is 12.1 Å². The predicted octanol–water partition coefficient (Wildman–Crippen LogP) is 2.59.